The predicted octanol–water partition coefficient (Wildman–Crippen LogP) is 2.90. The van der Waals surface area contributed by atoms with Crippen LogP contribution in [0.5, 0.6) is 0 Å². The van der Waals surface area contributed by atoms with Crippen LogP contribution in [0.1, 0.15) is 21.5 Å². The van der Waals surface area contributed by atoms with Gasteiger partial charge in [-0.2, -0.15) is 5.10 Å². The van der Waals surface area contributed by atoms with Crippen LogP contribution in [0.2, 0.25) is 0 Å². The molecule has 0 aliphatic heterocycles. The van der Waals surface area contributed by atoms with Gasteiger partial charge in [0.25, 0.3) is 5.91 Å². The number of nitrogens with zero attached hydrogens (tertiary/aromatic N) is 1. The van der Waals surface area contributed by atoms with Crippen LogP contribution in [-0.4, -0.2) is 12.1 Å². The fourth-order valence-electron chi connectivity index (χ4n) is 1.64. The number of benzene rings is 2. The summed E-state index contributed by atoms with van der Waals surface area (Å²) in [6.45, 7) is 1.85. The first-order valence-electron chi connectivity index (χ1n) is 5.81. The van der Waals surface area contributed by atoms with Gasteiger partial charge in [-0.3, -0.25) is 4.79 Å². The normalized spacial score (nSPS) is 10.6. The lowest BCUT2D eigenvalue weighted by Crippen LogP contribution is -2.18. The van der Waals surface area contributed by atoms with E-state index in [2.05, 4.69) is 10.5 Å². The number of aryl methyl sites for hydroxylation is 1. The molecule has 0 spiro atoms. The molecule has 0 saturated heterocycles. The quantitative estimate of drug-likeness (QED) is 0.665. The summed E-state index contributed by atoms with van der Waals surface area (Å²) in [7, 11) is 0. The van der Waals surface area contributed by atoms with Crippen LogP contribution in [0.15, 0.2) is 53.6 Å². The van der Waals surface area contributed by atoms with E-state index in [1.165, 1.54) is 18.3 Å². The number of carbonyl (C=O) groups is 1. The molecule has 19 heavy (non-hydrogen) atoms. The van der Waals surface area contributed by atoms with Gasteiger partial charge in [0.2, 0.25) is 0 Å². The van der Waals surface area contributed by atoms with Gasteiger partial charge in [-0.05, 0) is 36.2 Å². The van der Waals surface area contributed by atoms with Gasteiger partial charge in [-0.25, -0.2) is 9.82 Å². The van der Waals surface area contributed by atoms with Crippen molar-refractivity contribution in [1.29, 1.82) is 0 Å². The zero-order valence-electron chi connectivity index (χ0n) is 10.4. The summed E-state index contributed by atoms with van der Waals surface area (Å²) >= 11 is 0. The van der Waals surface area contributed by atoms with Crippen molar-refractivity contribution in [2.24, 2.45) is 5.10 Å². The Morgan fingerprint density at radius 2 is 2.00 bits per heavy atom. The number of hydrazone groups is 1. The molecule has 4 heteroatoms. The van der Waals surface area contributed by atoms with Crippen LogP contribution >= 0.6 is 0 Å². The Hall–Kier alpha value is -2.49. The smallest absolute Gasteiger partial charge is 0.267 e. The Bertz CT molecular complexity index is 623. The maximum Gasteiger partial charge on any atom is 0.271 e. The molecule has 0 heterocycles. The van der Waals surface area contributed by atoms with Gasteiger partial charge in [-0.15, -0.1) is 0 Å². The second-order valence-electron chi connectivity index (χ2n) is 4.07. The van der Waals surface area contributed by atoms with Crippen molar-refractivity contribution in [3.63, 3.8) is 0 Å². The third-order valence-corrected chi connectivity index (χ3v) is 2.62. The maximum absolute atomic E-state index is 12.9. The second-order valence-corrected chi connectivity index (χ2v) is 4.07. The molecule has 2 rings (SSSR count). The van der Waals surface area contributed by atoms with Gasteiger partial charge >= 0.3 is 0 Å². The molecular weight excluding hydrogens is 243 g/mol. The Kier molecular flexibility index (Phi) is 4.03. The largest absolute Gasteiger partial charge is 0.271 e. The number of amides is 1. The van der Waals surface area contributed by atoms with Crippen molar-refractivity contribution in [3.05, 3.63) is 71.0 Å². The van der Waals surface area contributed by atoms with E-state index in [0.717, 1.165) is 5.56 Å². The predicted molar refractivity (Wildman–Crippen MR) is 72.6 cm³/mol. The summed E-state index contributed by atoms with van der Waals surface area (Å²) in [5.41, 5.74) is 4.45. The van der Waals surface area contributed by atoms with E-state index in [-0.39, 0.29) is 11.7 Å². The van der Waals surface area contributed by atoms with Crippen molar-refractivity contribution in [2.45, 2.75) is 6.92 Å². The van der Waals surface area contributed by atoms with Gasteiger partial charge in [0.05, 0.1) is 6.21 Å². The number of hydrogen-bond acceptors (Lipinski definition) is 2. The lowest BCUT2D eigenvalue weighted by Gasteiger charge is -2.02. The number of halogens is 1. The molecule has 0 unspecified atom stereocenters. The third-order valence-electron chi connectivity index (χ3n) is 2.62. The summed E-state index contributed by atoms with van der Waals surface area (Å²) in [4.78, 5) is 11.8. The summed E-state index contributed by atoms with van der Waals surface area (Å²) < 4.78 is 12.9. The molecule has 2 aromatic carbocycles. The minimum atomic E-state index is -0.339. The first-order chi connectivity index (χ1) is 9.16. The van der Waals surface area contributed by atoms with E-state index in [9.17, 15) is 9.18 Å². The molecule has 96 valence electrons. The highest BCUT2D eigenvalue weighted by molar-refractivity contribution is 5.96. The van der Waals surface area contributed by atoms with Crippen molar-refractivity contribution in [3.8, 4) is 0 Å². The summed E-state index contributed by atoms with van der Waals surface area (Å²) in [5, 5.41) is 3.81. The highest BCUT2D eigenvalue weighted by atomic mass is 19.1. The van der Waals surface area contributed by atoms with Gasteiger partial charge in [0.1, 0.15) is 5.82 Å². The number of rotatable bonds is 3. The van der Waals surface area contributed by atoms with Crippen molar-refractivity contribution < 1.29 is 9.18 Å². The Labute approximate surface area is 110 Å². The van der Waals surface area contributed by atoms with E-state index in [0.29, 0.717) is 11.1 Å². The first kappa shape index (κ1) is 13.0. The van der Waals surface area contributed by atoms with E-state index in [4.69, 9.17) is 0 Å². The highest BCUT2D eigenvalue weighted by Crippen LogP contribution is 2.06. The van der Waals surface area contributed by atoms with Crippen LogP contribution in [0.3, 0.4) is 0 Å². The standard InChI is InChI=1S/C15H13FN2O/c1-11-5-2-3-8-14(11)15(19)18-17-10-12-6-4-7-13(16)9-12/h2-10H,1H3,(H,18,19)/b17-10-. The number of hydrogen-bond donors (Lipinski definition) is 1. The van der Waals surface area contributed by atoms with Crippen LogP contribution in [0.4, 0.5) is 4.39 Å². The topological polar surface area (TPSA) is 41.5 Å². The maximum atomic E-state index is 12.9. The Morgan fingerprint density at radius 3 is 2.74 bits per heavy atom. The van der Waals surface area contributed by atoms with Gasteiger partial charge in [0.15, 0.2) is 0 Å². The van der Waals surface area contributed by atoms with Crippen molar-refractivity contribution in [2.75, 3.05) is 0 Å². The summed E-state index contributed by atoms with van der Waals surface area (Å²) in [6, 6.07) is 13.2. The lowest BCUT2D eigenvalue weighted by molar-refractivity contribution is 0.0954. The molecule has 0 saturated carbocycles. The molecular formula is C15H13FN2O. The molecule has 1 N–H and O–H groups in total. The molecule has 0 fully saturated rings. The van der Waals surface area contributed by atoms with Crippen molar-refractivity contribution in [1.82, 2.24) is 5.43 Å². The van der Waals surface area contributed by atoms with Crippen LogP contribution in [-0.2, 0) is 0 Å². The van der Waals surface area contributed by atoms with E-state index >= 15 is 0 Å². The first-order valence-corrected chi connectivity index (χ1v) is 5.81. The molecule has 1 amide bonds. The number of nitrogens with one attached hydrogen (secondary N) is 1. The average molecular weight is 256 g/mol. The fourth-order valence-corrected chi connectivity index (χ4v) is 1.64. The van der Waals surface area contributed by atoms with E-state index in [1.807, 2.05) is 19.1 Å². The average Bonchev–Trinajstić information content (AvgIpc) is 2.39. The van der Waals surface area contributed by atoms with E-state index in [1.54, 1.807) is 24.3 Å². The lowest BCUT2D eigenvalue weighted by atomic mass is 10.1. The summed E-state index contributed by atoms with van der Waals surface area (Å²) in [5.74, 6) is -0.625. The van der Waals surface area contributed by atoms with Crippen LogP contribution in [0, 0.1) is 12.7 Å². The van der Waals surface area contributed by atoms with Gasteiger partial charge in [0, 0.05) is 5.56 Å². The van der Waals surface area contributed by atoms with Gasteiger partial charge < -0.3 is 0 Å². The SMILES string of the molecule is Cc1ccccc1C(=O)N/N=C\c1cccc(F)c1. The van der Waals surface area contributed by atoms with Crippen LogP contribution < -0.4 is 5.43 Å². The molecule has 0 atom stereocenters. The molecule has 0 aliphatic carbocycles. The van der Waals surface area contributed by atoms with Gasteiger partial charge in [-0.1, -0.05) is 30.3 Å². The molecule has 2 aromatic rings. The van der Waals surface area contributed by atoms with Crippen LogP contribution in [0.25, 0.3) is 0 Å². The minimum absolute atomic E-state index is 0.286. The Balaban J connectivity index is 2.03. The minimum Gasteiger partial charge on any atom is -0.267 e. The zero-order valence-corrected chi connectivity index (χ0v) is 10.4. The molecule has 0 aliphatic rings. The van der Waals surface area contributed by atoms with E-state index < -0.39 is 0 Å². The second kappa shape index (κ2) is 5.91. The Morgan fingerprint density at radius 1 is 1.21 bits per heavy atom. The highest BCUT2D eigenvalue weighted by Gasteiger charge is 2.05. The van der Waals surface area contributed by atoms with Crippen molar-refractivity contribution >= 4 is 12.1 Å². The zero-order chi connectivity index (χ0) is 13.7. The number of carbonyl (C=O) groups excluding carboxylic acids is 1. The third kappa shape index (κ3) is 3.48. The molecule has 0 radical (unpaired) electrons. The molecule has 0 bridgehead atoms. The summed E-state index contributed by atoms with van der Waals surface area (Å²) in [6.07, 6.45) is 1.40. The molecule has 3 nitrogen and oxygen atoms in total. The fraction of sp³-hybridized carbons (Fsp3) is 0.0667. The monoisotopic (exact) mass is 256 g/mol. The molecule has 0 aromatic heterocycles.